The monoisotopic (exact) mass is 228 g/mol. The molecule has 0 aliphatic carbocycles. The SMILES string of the molecule is CCNc1c(C)c(C)nc2cc(C)cc(C)c12. The van der Waals surface area contributed by atoms with E-state index in [1.54, 1.807) is 0 Å². The zero-order chi connectivity index (χ0) is 12.6. The van der Waals surface area contributed by atoms with E-state index in [1.165, 1.54) is 27.8 Å². The number of anilines is 1. The minimum absolute atomic E-state index is 0.937. The van der Waals surface area contributed by atoms with Crippen LogP contribution in [0.5, 0.6) is 0 Å². The first-order chi connectivity index (χ1) is 8.04. The largest absolute Gasteiger partial charge is 0.384 e. The second-order valence-electron chi connectivity index (χ2n) is 4.70. The van der Waals surface area contributed by atoms with Crippen LogP contribution in [0.3, 0.4) is 0 Å². The van der Waals surface area contributed by atoms with Gasteiger partial charge in [0.25, 0.3) is 0 Å². The molecule has 1 N–H and O–H groups in total. The van der Waals surface area contributed by atoms with Gasteiger partial charge in [0.1, 0.15) is 0 Å². The Hall–Kier alpha value is -1.57. The summed E-state index contributed by atoms with van der Waals surface area (Å²) in [5, 5.41) is 4.74. The molecule has 0 spiro atoms. The predicted molar refractivity (Wildman–Crippen MR) is 74.9 cm³/mol. The molecular formula is C15H20N2. The lowest BCUT2D eigenvalue weighted by atomic mass is 10.0. The maximum absolute atomic E-state index is 4.70. The molecular weight excluding hydrogens is 208 g/mol. The van der Waals surface area contributed by atoms with Crippen LogP contribution in [0.4, 0.5) is 5.69 Å². The molecule has 0 fully saturated rings. The van der Waals surface area contributed by atoms with Crippen LogP contribution in [-0.4, -0.2) is 11.5 Å². The van der Waals surface area contributed by atoms with Crippen LogP contribution in [-0.2, 0) is 0 Å². The normalized spacial score (nSPS) is 10.9. The summed E-state index contributed by atoms with van der Waals surface area (Å²) in [5.41, 5.74) is 7.28. The van der Waals surface area contributed by atoms with Crippen molar-refractivity contribution in [2.24, 2.45) is 0 Å². The molecule has 2 heteroatoms. The summed E-state index contributed by atoms with van der Waals surface area (Å²) >= 11 is 0. The van der Waals surface area contributed by atoms with Crippen LogP contribution in [0, 0.1) is 27.7 Å². The van der Waals surface area contributed by atoms with Gasteiger partial charge in [-0.3, -0.25) is 4.98 Å². The Bertz CT molecular complexity index is 571. The van der Waals surface area contributed by atoms with Gasteiger partial charge in [0.05, 0.1) is 5.52 Å². The Labute approximate surface area is 103 Å². The molecule has 0 aliphatic heterocycles. The van der Waals surface area contributed by atoms with E-state index in [0.29, 0.717) is 0 Å². The summed E-state index contributed by atoms with van der Waals surface area (Å²) in [6.07, 6.45) is 0. The zero-order valence-electron chi connectivity index (χ0n) is 11.3. The third-order valence-corrected chi connectivity index (χ3v) is 3.27. The number of nitrogens with zero attached hydrogens (tertiary/aromatic N) is 1. The Morgan fingerprint density at radius 2 is 1.82 bits per heavy atom. The highest BCUT2D eigenvalue weighted by molar-refractivity contribution is 5.96. The number of hydrogen-bond donors (Lipinski definition) is 1. The van der Waals surface area contributed by atoms with Gasteiger partial charge in [0.15, 0.2) is 0 Å². The van der Waals surface area contributed by atoms with Crippen LogP contribution in [0.15, 0.2) is 12.1 Å². The highest BCUT2D eigenvalue weighted by Gasteiger charge is 2.11. The lowest BCUT2D eigenvalue weighted by Crippen LogP contribution is -2.04. The van der Waals surface area contributed by atoms with Crippen LogP contribution in [0.25, 0.3) is 10.9 Å². The lowest BCUT2D eigenvalue weighted by molar-refractivity contribution is 1.15. The molecule has 0 saturated heterocycles. The van der Waals surface area contributed by atoms with Gasteiger partial charge in [-0.1, -0.05) is 6.07 Å². The minimum Gasteiger partial charge on any atom is -0.384 e. The van der Waals surface area contributed by atoms with E-state index in [1.807, 2.05) is 0 Å². The highest BCUT2D eigenvalue weighted by Crippen LogP contribution is 2.31. The fourth-order valence-electron chi connectivity index (χ4n) is 2.39. The van der Waals surface area contributed by atoms with E-state index >= 15 is 0 Å². The smallest absolute Gasteiger partial charge is 0.0731 e. The third-order valence-electron chi connectivity index (χ3n) is 3.27. The zero-order valence-corrected chi connectivity index (χ0v) is 11.3. The van der Waals surface area contributed by atoms with Crippen molar-refractivity contribution < 1.29 is 0 Å². The van der Waals surface area contributed by atoms with E-state index in [0.717, 1.165) is 17.8 Å². The van der Waals surface area contributed by atoms with E-state index < -0.39 is 0 Å². The first-order valence-corrected chi connectivity index (χ1v) is 6.16. The summed E-state index contributed by atoms with van der Waals surface area (Å²) < 4.78 is 0. The first-order valence-electron chi connectivity index (χ1n) is 6.16. The van der Waals surface area contributed by atoms with Gasteiger partial charge in [-0.15, -0.1) is 0 Å². The molecule has 0 radical (unpaired) electrons. The summed E-state index contributed by atoms with van der Waals surface area (Å²) in [4.78, 5) is 4.70. The van der Waals surface area contributed by atoms with Gasteiger partial charge < -0.3 is 5.32 Å². The number of benzene rings is 1. The lowest BCUT2D eigenvalue weighted by Gasteiger charge is -2.15. The maximum atomic E-state index is 4.70. The van der Waals surface area contributed by atoms with Gasteiger partial charge in [-0.05, 0) is 57.4 Å². The Kier molecular flexibility index (Phi) is 3.05. The second-order valence-corrected chi connectivity index (χ2v) is 4.70. The fraction of sp³-hybridized carbons (Fsp3) is 0.400. The molecule has 1 aromatic carbocycles. The highest BCUT2D eigenvalue weighted by atomic mass is 14.9. The molecule has 0 bridgehead atoms. The average Bonchev–Trinajstić information content (AvgIpc) is 2.24. The van der Waals surface area contributed by atoms with Crippen molar-refractivity contribution in [3.63, 3.8) is 0 Å². The second kappa shape index (κ2) is 4.36. The number of aromatic nitrogens is 1. The third kappa shape index (κ3) is 1.99. The van der Waals surface area contributed by atoms with Crippen molar-refractivity contribution in [2.75, 3.05) is 11.9 Å². The van der Waals surface area contributed by atoms with Crippen molar-refractivity contribution in [3.05, 3.63) is 34.5 Å². The molecule has 1 heterocycles. The van der Waals surface area contributed by atoms with E-state index in [-0.39, 0.29) is 0 Å². The summed E-state index contributed by atoms with van der Waals surface area (Å²) in [6.45, 7) is 11.6. The molecule has 2 nitrogen and oxygen atoms in total. The van der Waals surface area contributed by atoms with Crippen molar-refractivity contribution in [1.29, 1.82) is 0 Å². The van der Waals surface area contributed by atoms with Crippen molar-refractivity contribution in [3.8, 4) is 0 Å². The molecule has 90 valence electrons. The van der Waals surface area contributed by atoms with Crippen LogP contribution >= 0.6 is 0 Å². The van der Waals surface area contributed by atoms with Crippen molar-refractivity contribution in [2.45, 2.75) is 34.6 Å². The van der Waals surface area contributed by atoms with Gasteiger partial charge in [-0.2, -0.15) is 0 Å². The Morgan fingerprint density at radius 1 is 1.12 bits per heavy atom. The topological polar surface area (TPSA) is 24.9 Å². The van der Waals surface area contributed by atoms with Crippen LogP contribution in [0.1, 0.15) is 29.3 Å². The Morgan fingerprint density at radius 3 is 2.47 bits per heavy atom. The average molecular weight is 228 g/mol. The number of hydrogen-bond acceptors (Lipinski definition) is 2. The summed E-state index contributed by atoms with van der Waals surface area (Å²) in [5.74, 6) is 0. The maximum Gasteiger partial charge on any atom is 0.0731 e. The minimum atomic E-state index is 0.937. The van der Waals surface area contributed by atoms with Crippen molar-refractivity contribution in [1.82, 2.24) is 4.98 Å². The number of pyridine rings is 1. The Balaban J connectivity index is 2.87. The number of aryl methyl sites for hydroxylation is 3. The molecule has 0 amide bonds. The summed E-state index contributed by atoms with van der Waals surface area (Å²) in [6, 6.07) is 4.38. The van der Waals surface area contributed by atoms with E-state index in [2.05, 4.69) is 52.1 Å². The molecule has 17 heavy (non-hydrogen) atoms. The quantitative estimate of drug-likeness (QED) is 0.843. The number of fused-ring (bicyclic) bond motifs is 1. The van der Waals surface area contributed by atoms with Crippen LogP contribution < -0.4 is 5.32 Å². The van der Waals surface area contributed by atoms with Gasteiger partial charge in [-0.25, -0.2) is 0 Å². The molecule has 0 atom stereocenters. The van der Waals surface area contributed by atoms with Gasteiger partial charge in [0.2, 0.25) is 0 Å². The standard InChI is InChI=1S/C15H20N2/c1-6-16-15-11(4)12(5)17-13-8-9(2)7-10(3)14(13)15/h7-8H,6H2,1-5H3,(H,16,17). The van der Waals surface area contributed by atoms with E-state index in [9.17, 15) is 0 Å². The summed E-state index contributed by atoms with van der Waals surface area (Å²) in [7, 11) is 0. The molecule has 0 saturated carbocycles. The molecule has 2 aromatic rings. The van der Waals surface area contributed by atoms with Crippen LogP contribution in [0.2, 0.25) is 0 Å². The number of rotatable bonds is 2. The van der Waals surface area contributed by atoms with Gasteiger partial charge in [0, 0.05) is 23.3 Å². The molecule has 2 rings (SSSR count). The molecule has 0 unspecified atom stereocenters. The molecule has 0 aliphatic rings. The van der Waals surface area contributed by atoms with E-state index in [4.69, 9.17) is 4.98 Å². The predicted octanol–water partition coefficient (Wildman–Crippen LogP) is 3.90. The van der Waals surface area contributed by atoms with Crippen molar-refractivity contribution >= 4 is 16.6 Å². The first kappa shape index (κ1) is 11.9. The van der Waals surface area contributed by atoms with Gasteiger partial charge >= 0.3 is 0 Å². The number of nitrogens with one attached hydrogen (secondary N) is 1. The fourth-order valence-corrected chi connectivity index (χ4v) is 2.39. The molecule has 1 aromatic heterocycles.